The molecule has 5 heteroatoms. The molecular formula is C31H52ClF2NS. The van der Waals surface area contributed by atoms with E-state index in [1.165, 1.54) is 57.7 Å². The van der Waals surface area contributed by atoms with Gasteiger partial charge in [-0.1, -0.05) is 84.6 Å². The quantitative estimate of drug-likeness (QED) is 0.234. The Hall–Kier alpha value is -1.00. The molecule has 0 amide bonds. The smallest absolute Gasteiger partial charge is 0.245 e. The lowest BCUT2D eigenvalue weighted by Gasteiger charge is -2.34. The first-order valence-electron chi connectivity index (χ1n) is 13.7. The Labute approximate surface area is 230 Å². The van der Waals surface area contributed by atoms with E-state index in [0.29, 0.717) is 6.42 Å². The lowest BCUT2D eigenvalue weighted by Crippen LogP contribution is -2.22. The summed E-state index contributed by atoms with van der Waals surface area (Å²) in [7, 11) is 0. The molecule has 1 aromatic heterocycles. The van der Waals surface area contributed by atoms with E-state index in [4.69, 9.17) is 0 Å². The first-order chi connectivity index (χ1) is 17.1. The Bertz CT molecular complexity index is 712. The van der Waals surface area contributed by atoms with Crippen LogP contribution >= 0.6 is 22.9 Å². The van der Waals surface area contributed by atoms with Crippen molar-refractivity contribution in [2.75, 3.05) is 6.38 Å². The summed E-state index contributed by atoms with van der Waals surface area (Å²) in [6.07, 6.45) is 19.5. The van der Waals surface area contributed by atoms with E-state index in [1.54, 1.807) is 30.4 Å². The third-order valence-electron chi connectivity index (χ3n) is 7.20. The molecular weight excluding hydrogens is 492 g/mol. The topological polar surface area (TPSA) is 12.9 Å². The van der Waals surface area contributed by atoms with Crippen LogP contribution < -0.4 is 0 Å². The molecule has 2 fully saturated rings. The zero-order chi connectivity index (χ0) is 27.6. The third-order valence-corrected chi connectivity index (χ3v) is 7.79. The highest BCUT2D eigenvalue weighted by molar-refractivity contribution is 7.07. The summed E-state index contributed by atoms with van der Waals surface area (Å²) < 4.78 is 26.1. The Kier molecular flexibility index (Phi) is 19.5. The van der Waals surface area contributed by atoms with Gasteiger partial charge in [-0.05, 0) is 73.8 Å². The zero-order valence-corrected chi connectivity index (χ0v) is 25.5. The lowest BCUT2D eigenvalue weighted by atomic mass is 9.72. The number of thiazole rings is 1. The first-order valence-corrected chi connectivity index (χ1v) is 15.4. The van der Waals surface area contributed by atoms with Crippen LogP contribution in [0, 0.1) is 23.7 Å². The molecule has 0 aliphatic heterocycles. The fraction of sp³-hybridized carbons (Fsp3) is 0.710. The van der Waals surface area contributed by atoms with Gasteiger partial charge < -0.3 is 0 Å². The van der Waals surface area contributed by atoms with E-state index in [1.807, 2.05) is 23.9 Å². The van der Waals surface area contributed by atoms with Crippen LogP contribution in [0.1, 0.15) is 111 Å². The molecule has 0 aromatic carbocycles. The van der Waals surface area contributed by atoms with Gasteiger partial charge in [-0.2, -0.15) is 0 Å². The monoisotopic (exact) mass is 543 g/mol. The predicted octanol–water partition coefficient (Wildman–Crippen LogP) is 11.6. The molecule has 208 valence electrons. The number of allylic oxidation sites excluding steroid dienone is 5. The third kappa shape index (κ3) is 16.0. The number of nitrogens with zero attached hydrogens (tertiary/aromatic N) is 1. The zero-order valence-electron chi connectivity index (χ0n) is 24.0. The average Bonchev–Trinajstić information content (AvgIpc) is 3.36. The van der Waals surface area contributed by atoms with Crippen LogP contribution in [0.15, 0.2) is 41.3 Å². The molecule has 3 rings (SSSR count). The van der Waals surface area contributed by atoms with Crippen molar-refractivity contribution in [1.82, 2.24) is 4.98 Å². The molecule has 0 unspecified atom stereocenters. The lowest BCUT2D eigenvalue weighted by molar-refractivity contribution is 0.0603. The number of hydrogen-bond donors (Lipinski definition) is 0. The number of halogens is 3. The SMILES string of the molecule is C=C(C)c1cscn1.CC/C(=C\C=C/CCC1CC(CC)C1)C(C)(F)F.CC1CCC(C)CC1.CCl. The molecule has 2 aliphatic carbocycles. The van der Waals surface area contributed by atoms with E-state index in [2.05, 4.69) is 43.9 Å². The van der Waals surface area contributed by atoms with Crippen molar-refractivity contribution in [3.63, 3.8) is 0 Å². The minimum atomic E-state index is -2.68. The Morgan fingerprint density at radius 3 is 2.03 bits per heavy atom. The summed E-state index contributed by atoms with van der Waals surface area (Å²) in [5.74, 6) is 1.19. The normalized spacial score (nSPS) is 23.8. The van der Waals surface area contributed by atoms with Crippen molar-refractivity contribution in [3.8, 4) is 0 Å². The minimum Gasteiger partial charge on any atom is -0.245 e. The van der Waals surface area contributed by atoms with Gasteiger partial charge in [-0.3, -0.25) is 0 Å². The number of rotatable bonds is 8. The van der Waals surface area contributed by atoms with Crippen molar-refractivity contribution in [1.29, 1.82) is 0 Å². The van der Waals surface area contributed by atoms with Gasteiger partial charge in [0, 0.05) is 18.7 Å². The van der Waals surface area contributed by atoms with E-state index in [0.717, 1.165) is 48.3 Å². The maximum absolute atomic E-state index is 13.1. The van der Waals surface area contributed by atoms with Crippen molar-refractivity contribution in [3.05, 3.63) is 47.0 Å². The van der Waals surface area contributed by atoms with Crippen LogP contribution in [0.3, 0.4) is 0 Å². The van der Waals surface area contributed by atoms with Gasteiger partial charge in [0.1, 0.15) is 0 Å². The van der Waals surface area contributed by atoms with E-state index in [9.17, 15) is 8.78 Å². The van der Waals surface area contributed by atoms with Crippen molar-refractivity contribution >= 4 is 28.5 Å². The molecule has 2 saturated carbocycles. The average molecular weight is 544 g/mol. The van der Waals surface area contributed by atoms with Gasteiger partial charge in [0.2, 0.25) is 0 Å². The molecule has 36 heavy (non-hydrogen) atoms. The van der Waals surface area contributed by atoms with Crippen molar-refractivity contribution < 1.29 is 8.78 Å². The van der Waals surface area contributed by atoms with Gasteiger partial charge in [0.05, 0.1) is 11.2 Å². The van der Waals surface area contributed by atoms with E-state index >= 15 is 0 Å². The molecule has 1 nitrogen and oxygen atoms in total. The number of hydrogen-bond acceptors (Lipinski definition) is 2. The van der Waals surface area contributed by atoms with Gasteiger partial charge in [-0.15, -0.1) is 22.9 Å². The Morgan fingerprint density at radius 1 is 1.11 bits per heavy atom. The molecule has 2 aliphatic rings. The fourth-order valence-corrected chi connectivity index (χ4v) is 5.11. The largest absolute Gasteiger partial charge is 0.266 e. The highest BCUT2D eigenvalue weighted by Crippen LogP contribution is 2.38. The predicted molar refractivity (Wildman–Crippen MR) is 159 cm³/mol. The Morgan fingerprint density at radius 2 is 1.67 bits per heavy atom. The molecule has 0 radical (unpaired) electrons. The molecule has 1 aromatic rings. The minimum absolute atomic E-state index is 0.216. The summed E-state index contributed by atoms with van der Waals surface area (Å²) in [6, 6.07) is 0. The summed E-state index contributed by atoms with van der Waals surface area (Å²) in [6.45, 7) is 15.4. The number of alkyl halides is 3. The highest BCUT2D eigenvalue weighted by Gasteiger charge is 2.26. The van der Waals surface area contributed by atoms with Crippen molar-refractivity contribution in [2.45, 2.75) is 112 Å². The summed E-state index contributed by atoms with van der Waals surface area (Å²) >= 11 is 6.23. The first kappa shape index (κ1) is 35.0. The van der Waals surface area contributed by atoms with E-state index < -0.39 is 5.92 Å². The second kappa shape index (κ2) is 20.0. The van der Waals surface area contributed by atoms with E-state index in [-0.39, 0.29) is 5.57 Å². The molecule has 0 N–H and O–H groups in total. The van der Waals surface area contributed by atoms with Crippen LogP contribution in [-0.4, -0.2) is 17.3 Å². The van der Waals surface area contributed by atoms with Crippen LogP contribution in [0.2, 0.25) is 0 Å². The summed E-state index contributed by atoms with van der Waals surface area (Å²) in [4.78, 5) is 4.03. The van der Waals surface area contributed by atoms with Gasteiger partial charge in [-0.25, -0.2) is 13.8 Å². The standard InChI is InChI=1S/C16H26F2.C8H16.C6H7NS.CH3Cl/c1-4-13-11-14(12-13)9-7-6-8-10-15(5-2)16(3,17)18;1-7-3-5-8(2)6-4-7;1-5(2)6-3-8-4-7-6;1-2/h6,8,10,13-14H,4-5,7,9,11-12H2,1-3H3;7-8H,3-6H2,1-2H3;3-4H,1H2,2H3;1H3/b8-6-,15-10+;;;. The highest BCUT2D eigenvalue weighted by atomic mass is 35.5. The Balaban J connectivity index is 0.000000560. The molecule has 0 bridgehead atoms. The summed E-state index contributed by atoms with van der Waals surface area (Å²) in [5.41, 5.74) is 4.07. The van der Waals surface area contributed by atoms with Crippen molar-refractivity contribution in [2.24, 2.45) is 23.7 Å². The second-order valence-corrected chi connectivity index (χ2v) is 11.3. The van der Waals surface area contributed by atoms with Gasteiger partial charge >= 0.3 is 0 Å². The second-order valence-electron chi connectivity index (χ2n) is 10.6. The van der Waals surface area contributed by atoms with Gasteiger partial charge in [0.25, 0.3) is 5.92 Å². The molecule has 1 heterocycles. The maximum Gasteiger partial charge on any atom is 0.266 e. The molecule has 0 saturated heterocycles. The maximum atomic E-state index is 13.1. The van der Waals surface area contributed by atoms with Gasteiger partial charge in [0.15, 0.2) is 0 Å². The summed E-state index contributed by atoms with van der Waals surface area (Å²) in [5, 5.41) is 1.99. The van der Waals surface area contributed by atoms with Crippen LogP contribution in [0.25, 0.3) is 5.57 Å². The fourth-order valence-electron chi connectivity index (χ4n) is 4.48. The number of aromatic nitrogens is 1. The molecule has 0 atom stereocenters. The van der Waals surface area contributed by atoms with Crippen LogP contribution in [-0.2, 0) is 0 Å². The van der Waals surface area contributed by atoms with Crippen LogP contribution in [0.4, 0.5) is 8.78 Å². The molecule has 0 spiro atoms. The van der Waals surface area contributed by atoms with Crippen LogP contribution in [0.5, 0.6) is 0 Å².